The molecule has 0 aromatic rings. The summed E-state index contributed by atoms with van der Waals surface area (Å²) in [5, 5.41) is 29.0. The minimum Gasteiger partial charge on any atom is -0.550 e. The zero-order valence-electron chi connectivity index (χ0n) is 15.5. The lowest BCUT2D eigenvalue weighted by atomic mass is 10.2. The van der Waals surface area contributed by atoms with Gasteiger partial charge in [0, 0.05) is 5.97 Å². The van der Waals surface area contributed by atoms with Crippen molar-refractivity contribution in [1.82, 2.24) is 0 Å². The molecule has 0 amide bonds. The summed E-state index contributed by atoms with van der Waals surface area (Å²) in [5.41, 5.74) is 0. The molecule has 0 saturated heterocycles. The molecule has 0 aliphatic rings. The summed E-state index contributed by atoms with van der Waals surface area (Å²) in [6.07, 6.45) is 25.4. The van der Waals surface area contributed by atoms with Crippen molar-refractivity contribution in [2.24, 2.45) is 0 Å². The summed E-state index contributed by atoms with van der Waals surface area (Å²) in [5.74, 6) is -1.02. The second-order valence-electron chi connectivity index (χ2n) is 5.82. The lowest BCUT2D eigenvalue weighted by Gasteiger charge is -1.98. The van der Waals surface area contributed by atoms with Crippen LogP contribution in [0.4, 0.5) is 0 Å². The Morgan fingerprint density at radius 3 is 2.15 bits per heavy atom. The molecule has 4 heteroatoms. The van der Waals surface area contributed by atoms with Gasteiger partial charge in [-0.2, -0.15) is 0 Å². The van der Waals surface area contributed by atoms with E-state index in [4.69, 9.17) is 5.11 Å². The molecule has 0 bridgehead atoms. The number of hydrogen-bond acceptors (Lipinski definition) is 4. The van der Waals surface area contributed by atoms with Crippen LogP contribution in [0, 0.1) is 0 Å². The summed E-state index contributed by atoms with van der Waals surface area (Å²) in [6, 6.07) is 0. The van der Waals surface area contributed by atoms with Crippen LogP contribution < -0.4 is 5.11 Å². The molecule has 2 N–H and O–H groups in total. The van der Waals surface area contributed by atoms with Gasteiger partial charge in [0.1, 0.15) is 0 Å². The van der Waals surface area contributed by atoms with Crippen LogP contribution in [0.2, 0.25) is 0 Å². The van der Waals surface area contributed by atoms with Crippen LogP contribution in [-0.2, 0) is 4.79 Å². The Morgan fingerprint density at radius 2 is 1.46 bits per heavy atom. The van der Waals surface area contributed by atoms with E-state index in [1.54, 1.807) is 19.1 Å². The summed E-state index contributed by atoms with van der Waals surface area (Å²) in [6.45, 7) is 1.71. The van der Waals surface area contributed by atoms with Gasteiger partial charge in [0.2, 0.25) is 0 Å². The van der Waals surface area contributed by atoms with Gasteiger partial charge in [-0.1, -0.05) is 72.9 Å². The highest BCUT2D eigenvalue weighted by molar-refractivity contribution is 5.64. The Kier molecular flexibility index (Phi) is 16.2. The van der Waals surface area contributed by atoms with E-state index in [0.717, 1.165) is 19.3 Å². The second kappa shape index (κ2) is 17.6. The van der Waals surface area contributed by atoms with Crippen molar-refractivity contribution in [1.29, 1.82) is 0 Å². The average Bonchev–Trinajstić information content (AvgIpc) is 2.58. The van der Waals surface area contributed by atoms with E-state index in [9.17, 15) is 15.0 Å². The van der Waals surface area contributed by atoms with Crippen molar-refractivity contribution in [3.8, 4) is 0 Å². The normalized spacial score (nSPS) is 15.5. The van der Waals surface area contributed by atoms with Crippen LogP contribution >= 0.6 is 0 Å². The van der Waals surface area contributed by atoms with Gasteiger partial charge in [-0.15, -0.1) is 0 Å². The Bertz CT molecular complexity index is 522. The first-order valence-corrected chi connectivity index (χ1v) is 9.03. The molecular formula is C22H31O4-. The number of aliphatic carboxylic acids is 1. The number of carboxylic acid groups (broad SMARTS) is 1. The van der Waals surface area contributed by atoms with E-state index < -0.39 is 18.2 Å². The Hall–Kier alpha value is -2.17. The molecule has 0 rings (SSSR count). The number of carboxylic acids is 1. The zero-order valence-corrected chi connectivity index (χ0v) is 15.5. The fourth-order valence-electron chi connectivity index (χ4n) is 1.88. The molecule has 0 aliphatic carbocycles. The SMILES string of the molecule is C[C@@H](O)/C=C\C/C=C\C[C@H](O)/C=C/C=C\C/C=C\C/C=C\CCC(=O)[O-]. The lowest BCUT2D eigenvalue weighted by Crippen LogP contribution is -2.21. The van der Waals surface area contributed by atoms with Gasteiger partial charge in [-0.3, -0.25) is 0 Å². The van der Waals surface area contributed by atoms with E-state index in [1.165, 1.54) is 0 Å². The minimum absolute atomic E-state index is 0.0664. The molecule has 0 saturated carbocycles. The Balaban J connectivity index is 3.74. The monoisotopic (exact) mass is 359 g/mol. The highest BCUT2D eigenvalue weighted by Gasteiger charge is 1.92. The number of hydrogen-bond donors (Lipinski definition) is 2. The van der Waals surface area contributed by atoms with E-state index >= 15 is 0 Å². The summed E-state index contributed by atoms with van der Waals surface area (Å²) in [4.78, 5) is 10.2. The summed E-state index contributed by atoms with van der Waals surface area (Å²) < 4.78 is 0. The Labute approximate surface area is 157 Å². The van der Waals surface area contributed by atoms with E-state index in [1.807, 2.05) is 60.8 Å². The van der Waals surface area contributed by atoms with Crippen molar-refractivity contribution in [3.63, 3.8) is 0 Å². The van der Waals surface area contributed by atoms with Gasteiger partial charge < -0.3 is 20.1 Å². The third-order valence-electron chi connectivity index (χ3n) is 3.20. The fourth-order valence-corrected chi connectivity index (χ4v) is 1.88. The molecule has 0 aromatic heterocycles. The van der Waals surface area contributed by atoms with Crippen LogP contribution in [0.3, 0.4) is 0 Å². The van der Waals surface area contributed by atoms with Gasteiger partial charge in [-0.25, -0.2) is 0 Å². The van der Waals surface area contributed by atoms with Crippen molar-refractivity contribution in [3.05, 3.63) is 72.9 Å². The number of aliphatic hydroxyl groups excluding tert-OH is 2. The molecule has 144 valence electrons. The van der Waals surface area contributed by atoms with Gasteiger partial charge in [-0.05, 0) is 45.4 Å². The standard InChI is InChI=1S/C22H32O4/c1-20(23)16-12-10-11-14-18-21(24)17-13-8-6-4-2-3-5-7-9-15-19-22(25)26/h2-3,6-9,11-14,16-17,20-21,23-24H,4-5,10,15,18-19H2,1H3,(H,25,26)/p-1/b3-2-,8-6-,9-7-,14-11-,16-12-,17-13+/t20-,21-/m1/s1. The van der Waals surface area contributed by atoms with E-state index in [2.05, 4.69) is 0 Å². The number of allylic oxidation sites excluding steroid dienone is 9. The van der Waals surface area contributed by atoms with Crippen molar-refractivity contribution in [2.45, 2.75) is 57.7 Å². The van der Waals surface area contributed by atoms with Crippen molar-refractivity contribution in [2.75, 3.05) is 0 Å². The molecule has 0 fully saturated rings. The summed E-state index contributed by atoms with van der Waals surface area (Å²) in [7, 11) is 0. The van der Waals surface area contributed by atoms with Gasteiger partial charge in [0.25, 0.3) is 0 Å². The highest BCUT2D eigenvalue weighted by Crippen LogP contribution is 1.99. The van der Waals surface area contributed by atoms with E-state index in [0.29, 0.717) is 12.8 Å². The predicted molar refractivity (Wildman–Crippen MR) is 105 cm³/mol. The fraction of sp³-hybridized carbons (Fsp3) is 0.409. The molecule has 26 heavy (non-hydrogen) atoms. The van der Waals surface area contributed by atoms with Crippen LogP contribution in [-0.4, -0.2) is 28.4 Å². The minimum atomic E-state index is -1.02. The topological polar surface area (TPSA) is 80.6 Å². The first-order chi connectivity index (χ1) is 12.5. The lowest BCUT2D eigenvalue weighted by molar-refractivity contribution is -0.305. The van der Waals surface area contributed by atoms with Gasteiger partial charge in [0.05, 0.1) is 12.2 Å². The first-order valence-electron chi connectivity index (χ1n) is 9.03. The molecule has 0 radical (unpaired) electrons. The molecule has 0 heterocycles. The zero-order chi connectivity index (χ0) is 19.5. The van der Waals surface area contributed by atoms with Crippen molar-refractivity contribution < 1.29 is 20.1 Å². The van der Waals surface area contributed by atoms with Gasteiger partial charge >= 0.3 is 0 Å². The third kappa shape index (κ3) is 19.9. The molecule has 0 unspecified atom stereocenters. The van der Waals surface area contributed by atoms with Crippen LogP contribution in [0.15, 0.2) is 72.9 Å². The van der Waals surface area contributed by atoms with Crippen molar-refractivity contribution >= 4 is 5.97 Å². The average molecular weight is 359 g/mol. The molecule has 0 aromatic carbocycles. The largest absolute Gasteiger partial charge is 0.550 e. The van der Waals surface area contributed by atoms with E-state index in [-0.39, 0.29) is 6.42 Å². The maximum absolute atomic E-state index is 10.2. The van der Waals surface area contributed by atoms with Crippen LogP contribution in [0.1, 0.15) is 45.4 Å². The Morgan fingerprint density at radius 1 is 0.846 bits per heavy atom. The van der Waals surface area contributed by atoms with Gasteiger partial charge in [0.15, 0.2) is 0 Å². The number of rotatable bonds is 14. The second-order valence-corrected chi connectivity index (χ2v) is 5.82. The number of aliphatic hydroxyl groups is 2. The molecular weight excluding hydrogens is 328 g/mol. The quantitative estimate of drug-likeness (QED) is 0.369. The highest BCUT2D eigenvalue weighted by atomic mass is 16.4. The molecule has 4 nitrogen and oxygen atoms in total. The molecule has 2 atom stereocenters. The van der Waals surface area contributed by atoms with Crippen LogP contribution in [0.5, 0.6) is 0 Å². The maximum atomic E-state index is 10.2. The smallest absolute Gasteiger partial charge is 0.0758 e. The van der Waals surface area contributed by atoms with Crippen LogP contribution in [0.25, 0.3) is 0 Å². The third-order valence-corrected chi connectivity index (χ3v) is 3.20. The number of carbonyl (C=O) groups is 1. The first kappa shape index (κ1) is 23.8. The maximum Gasteiger partial charge on any atom is 0.0758 e. The molecule has 0 aliphatic heterocycles. The summed E-state index contributed by atoms with van der Waals surface area (Å²) >= 11 is 0. The number of carbonyl (C=O) groups excluding carboxylic acids is 1. The molecule has 0 spiro atoms. The predicted octanol–water partition coefficient (Wildman–Crippen LogP) is 3.16.